The van der Waals surface area contributed by atoms with Crippen molar-refractivity contribution >= 4 is 31.0 Å². The molecule has 12 heteroatoms. The van der Waals surface area contributed by atoms with E-state index >= 15 is 0 Å². The number of aliphatic carboxylic acids is 1. The standard InChI is InChI=1S/C30H44N4O7Si/c1-30(2,3)41-29(37)33-25(19-39-14-10-13-26(35)36)27-31-24(18-34(27)20-40-15-16-42(5,6)7)22-17-21-11-8-9-12-23(21)32-28(22)38-4/h8-9,11-12,17-18,25H,10,13-16,19-20H2,1-7H3,(H,33,37)(H,35,36). The molecule has 2 aromatic heterocycles. The summed E-state index contributed by atoms with van der Waals surface area (Å²) in [5, 5.41) is 12.8. The number of para-hydroxylation sites is 1. The first-order chi connectivity index (χ1) is 19.8. The van der Waals surface area contributed by atoms with E-state index in [0.717, 1.165) is 16.9 Å². The quantitative estimate of drug-likeness (QED) is 0.162. The van der Waals surface area contributed by atoms with Crippen LogP contribution in [-0.2, 0) is 25.7 Å². The maximum atomic E-state index is 12.9. The van der Waals surface area contributed by atoms with Crippen LogP contribution in [0.15, 0.2) is 36.5 Å². The van der Waals surface area contributed by atoms with Crippen molar-refractivity contribution in [3.8, 4) is 17.1 Å². The van der Waals surface area contributed by atoms with Gasteiger partial charge in [-0.15, -0.1) is 0 Å². The van der Waals surface area contributed by atoms with Gasteiger partial charge in [-0.1, -0.05) is 37.8 Å². The lowest BCUT2D eigenvalue weighted by atomic mass is 10.1. The molecule has 230 valence electrons. The van der Waals surface area contributed by atoms with E-state index in [1.54, 1.807) is 27.9 Å². The highest BCUT2D eigenvalue weighted by Gasteiger charge is 2.26. The van der Waals surface area contributed by atoms with Gasteiger partial charge in [0, 0.05) is 39.3 Å². The molecular weight excluding hydrogens is 556 g/mol. The molecule has 1 amide bonds. The summed E-state index contributed by atoms with van der Waals surface area (Å²) in [4.78, 5) is 33.4. The summed E-state index contributed by atoms with van der Waals surface area (Å²) < 4.78 is 24.9. The minimum atomic E-state index is -1.31. The van der Waals surface area contributed by atoms with E-state index in [1.165, 1.54) is 0 Å². The molecule has 0 aliphatic carbocycles. The van der Waals surface area contributed by atoms with E-state index in [4.69, 9.17) is 29.0 Å². The van der Waals surface area contributed by atoms with Crippen molar-refractivity contribution in [1.29, 1.82) is 0 Å². The fourth-order valence-corrected chi connectivity index (χ4v) is 4.83. The van der Waals surface area contributed by atoms with Crippen molar-refractivity contribution in [3.63, 3.8) is 0 Å². The number of rotatable bonds is 15. The second-order valence-electron chi connectivity index (χ2n) is 12.3. The minimum Gasteiger partial charge on any atom is -0.481 e. The van der Waals surface area contributed by atoms with Gasteiger partial charge in [-0.2, -0.15) is 0 Å². The van der Waals surface area contributed by atoms with Crippen molar-refractivity contribution in [2.45, 2.75) is 77.7 Å². The number of aromatic nitrogens is 3. The number of amides is 1. The lowest BCUT2D eigenvalue weighted by Gasteiger charge is -2.24. The molecule has 0 bridgehead atoms. The van der Waals surface area contributed by atoms with Gasteiger partial charge < -0.3 is 33.9 Å². The Bertz CT molecular complexity index is 1350. The van der Waals surface area contributed by atoms with Gasteiger partial charge in [-0.25, -0.2) is 14.8 Å². The third kappa shape index (κ3) is 10.4. The van der Waals surface area contributed by atoms with Crippen LogP contribution >= 0.6 is 0 Å². The predicted octanol–water partition coefficient (Wildman–Crippen LogP) is 5.87. The van der Waals surface area contributed by atoms with Crippen LogP contribution in [0.4, 0.5) is 4.79 Å². The molecule has 0 saturated heterocycles. The molecule has 0 aliphatic heterocycles. The molecule has 2 N–H and O–H groups in total. The Hall–Kier alpha value is -3.48. The molecule has 3 rings (SSSR count). The third-order valence-electron chi connectivity index (χ3n) is 6.16. The normalized spacial score (nSPS) is 12.7. The van der Waals surface area contributed by atoms with Gasteiger partial charge in [0.1, 0.15) is 24.2 Å². The Morgan fingerprint density at radius 3 is 2.50 bits per heavy atom. The molecule has 3 aromatic rings. The average molecular weight is 601 g/mol. The molecule has 0 saturated carbocycles. The van der Waals surface area contributed by atoms with Crippen molar-refractivity contribution in [3.05, 3.63) is 42.4 Å². The van der Waals surface area contributed by atoms with E-state index in [9.17, 15) is 9.59 Å². The highest BCUT2D eigenvalue weighted by Crippen LogP contribution is 2.32. The monoisotopic (exact) mass is 600 g/mol. The zero-order valence-electron chi connectivity index (χ0n) is 25.7. The van der Waals surface area contributed by atoms with Crippen LogP contribution in [0, 0.1) is 0 Å². The van der Waals surface area contributed by atoms with E-state index in [-0.39, 0.29) is 26.4 Å². The summed E-state index contributed by atoms with van der Waals surface area (Å²) in [6.45, 7) is 13.3. The Kier molecular flexibility index (Phi) is 11.5. The smallest absolute Gasteiger partial charge is 0.408 e. The first kappa shape index (κ1) is 33.0. The number of nitrogens with one attached hydrogen (secondary N) is 1. The molecule has 1 atom stereocenters. The van der Waals surface area contributed by atoms with Crippen LogP contribution in [0.5, 0.6) is 5.88 Å². The topological polar surface area (TPSA) is 134 Å². The second-order valence-corrected chi connectivity index (χ2v) is 17.9. The number of carboxylic acid groups (broad SMARTS) is 1. The number of hydrogen-bond acceptors (Lipinski definition) is 8. The van der Waals surface area contributed by atoms with Gasteiger partial charge in [0.2, 0.25) is 5.88 Å². The maximum Gasteiger partial charge on any atom is 0.408 e. The second kappa shape index (κ2) is 14.6. The fraction of sp³-hybridized carbons (Fsp3) is 0.533. The summed E-state index contributed by atoms with van der Waals surface area (Å²) >= 11 is 0. The first-order valence-electron chi connectivity index (χ1n) is 14.1. The van der Waals surface area contributed by atoms with E-state index in [0.29, 0.717) is 36.0 Å². The molecule has 0 radical (unpaired) electrons. The highest BCUT2D eigenvalue weighted by molar-refractivity contribution is 6.76. The number of alkyl carbamates (subject to hydrolysis) is 1. The van der Waals surface area contributed by atoms with Crippen LogP contribution in [-0.4, -0.2) is 72.3 Å². The molecule has 1 unspecified atom stereocenters. The molecule has 1 aromatic carbocycles. The number of pyridine rings is 1. The SMILES string of the molecule is COc1nc2ccccc2cc1-c1cn(COCC[Si](C)(C)C)c(C(COCCCC(=O)O)NC(=O)OC(C)(C)C)n1. The number of hydrogen-bond donors (Lipinski definition) is 2. The Morgan fingerprint density at radius 1 is 1.10 bits per heavy atom. The molecule has 0 spiro atoms. The van der Waals surface area contributed by atoms with Crippen LogP contribution in [0.3, 0.4) is 0 Å². The lowest BCUT2D eigenvalue weighted by Crippen LogP contribution is -2.38. The lowest BCUT2D eigenvalue weighted by molar-refractivity contribution is -0.137. The van der Waals surface area contributed by atoms with Crippen LogP contribution in [0.1, 0.15) is 45.5 Å². The molecule has 0 fully saturated rings. The van der Waals surface area contributed by atoms with Gasteiger partial charge >= 0.3 is 12.1 Å². The highest BCUT2D eigenvalue weighted by atomic mass is 28.3. The van der Waals surface area contributed by atoms with E-state index in [2.05, 4.69) is 29.9 Å². The summed E-state index contributed by atoms with van der Waals surface area (Å²) in [5.41, 5.74) is 1.38. The number of carbonyl (C=O) groups excluding carboxylic acids is 1. The number of nitrogens with zero attached hydrogens (tertiary/aromatic N) is 3. The van der Waals surface area contributed by atoms with Crippen LogP contribution in [0.25, 0.3) is 22.2 Å². The summed E-state index contributed by atoms with van der Waals surface area (Å²) in [5.74, 6) is 0.0269. The number of imidazole rings is 1. The van der Waals surface area contributed by atoms with E-state index in [1.807, 2.05) is 41.1 Å². The average Bonchev–Trinajstić information content (AvgIpc) is 3.31. The fourth-order valence-electron chi connectivity index (χ4n) is 4.08. The predicted molar refractivity (Wildman–Crippen MR) is 163 cm³/mol. The van der Waals surface area contributed by atoms with Crippen molar-refractivity contribution in [2.75, 3.05) is 26.9 Å². The molecule has 2 heterocycles. The van der Waals surface area contributed by atoms with Crippen LogP contribution < -0.4 is 10.1 Å². The maximum absolute atomic E-state index is 12.9. The Balaban J connectivity index is 1.99. The zero-order chi connectivity index (χ0) is 30.9. The number of fused-ring (bicyclic) bond motifs is 1. The van der Waals surface area contributed by atoms with Gasteiger partial charge in [0.05, 0.1) is 30.5 Å². The summed E-state index contributed by atoms with van der Waals surface area (Å²) in [7, 11) is 0.260. The number of carbonyl (C=O) groups is 2. The van der Waals surface area contributed by atoms with Crippen LogP contribution in [0.2, 0.25) is 25.7 Å². The van der Waals surface area contributed by atoms with Crippen molar-refractivity contribution in [1.82, 2.24) is 19.9 Å². The van der Waals surface area contributed by atoms with E-state index < -0.39 is 31.8 Å². The number of ether oxygens (including phenoxy) is 4. The van der Waals surface area contributed by atoms with Gasteiger partial charge in [0.15, 0.2) is 0 Å². The minimum absolute atomic E-state index is 0.0113. The number of carboxylic acids is 1. The molecular formula is C30H44N4O7Si. The number of benzene rings is 1. The molecule has 0 aliphatic rings. The third-order valence-corrected chi connectivity index (χ3v) is 7.86. The van der Waals surface area contributed by atoms with Crippen molar-refractivity contribution in [2.24, 2.45) is 0 Å². The summed E-state index contributed by atoms with van der Waals surface area (Å²) in [6, 6.07) is 10.0. The first-order valence-corrected chi connectivity index (χ1v) is 17.8. The van der Waals surface area contributed by atoms with Gasteiger partial charge in [0.25, 0.3) is 0 Å². The molecule has 42 heavy (non-hydrogen) atoms. The Labute approximate surface area is 248 Å². The van der Waals surface area contributed by atoms with Gasteiger partial charge in [-0.05, 0) is 45.4 Å². The molecule has 11 nitrogen and oxygen atoms in total. The summed E-state index contributed by atoms with van der Waals surface area (Å²) in [6.07, 6.45) is 1.56. The van der Waals surface area contributed by atoms with Gasteiger partial charge in [-0.3, -0.25) is 4.79 Å². The Morgan fingerprint density at radius 2 is 1.83 bits per heavy atom. The largest absolute Gasteiger partial charge is 0.481 e. The zero-order valence-corrected chi connectivity index (χ0v) is 26.7. The van der Waals surface area contributed by atoms with Crippen molar-refractivity contribution < 1.29 is 33.6 Å². The number of methoxy groups -OCH3 is 1.